The van der Waals surface area contributed by atoms with Gasteiger partial charge in [-0.05, 0) is 36.7 Å². The van der Waals surface area contributed by atoms with Crippen LogP contribution in [0.25, 0.3) is 0 Å². The van der Waals surface area contributed by atoms with Crippen LogP contribution in [0.2, 0.25) is 0 Å². The quantitative estimate of drug-likeness (QED) is 0.658. The molecule has 0 aromatic heterocycles. The van der Waals surface area contributed by atoms with Crippen molar-refractivity contribution >= 4 is 22.8 Å². The zero-order valence-corrected chi connectivity index (χ0v) is 13.9. The fourth-order valence-electron chi connectivity index (χ4n) is 4.10. The first kappa shape index (κ1) is 16.4. The van der Waals surface area contributed by atoms with Crippen LogP contribution in [0.3, 0.4) is 0 Å². The lowest BCUT2D eigenvalue weighted by atomic mass is 9.70. The second kappa shape index (κ2) is 5.25. The highest BCUT2D eigenvalue weighted by Gasteiger charge is 2.60. The average Bonchev–Trinajstić information content (AvgIpc) is 2.85. The lowest BCUT2D eigenvalue weighted by Gasteiger charge is -2.34. The Labute approximate surface area is 139 Å². The number of fused-ring (bicyclic) bond motifs is 2. The summed E-state index contributed by atoms with van der Waals surface area (Å²) < 4.78 is 0. The Morgan fingerprint density at radius 2 is 1.92 bits per heavy atom. The summed E-state index contributed by atoms with van der Waals surface area (Å²) in [5, 5.41) is 26.4. The Bertz CT molecular complexity index is 758. The molecule has 3 rings (SSSR count). The van der Waals surface area contributed by atoms with Crippen LogP contribution in [0, 0.1) is 37.0 Å². The topological polar surface area (TPSA) is 111 Å². The molecule has 1 aromatic rings. The van der Waals surface area contributed by atoms with Gasteiger partial charge in [-0.2, -0.15) is 5.10 Å². The molecule has 0 radical (unpaired) electrons. The monoisotopic (exact) mass is 332 g/mol. The van der Waals surface area contributed by atoms with Gasteiger partial charge in [0.2, 0.25) is 0 Å². The second-order valence-corrected chi connectivity index (χ2v) is 7.38. The van der Waals surface area contributed by atoms with Gasteiger partial charge < -0.3 is 0 Å². The summed E-state index contributed by atoms with van der Waals surface area (Å²) in [4.78, 5) is 20.7. The first-order chi connectivity index (χ1) is 11.2. The van der Waals surface area contributed by atoms with Crippen molar-refractivity contribution < 1.29 is 9.85 Å². The normalized spacial score (nSPS) is 29.0. The molecular weight excluding hydrogens is 312 g/mol. The van der Waals surface area contributed by atoms with Gasteiger partial charge in [-0.25, -0.2) is 0 Å². The molecule has 1 aromatic carbocycles. The van der Waals surface area contributed by atoms with E-state index in [1.165, 1.54) is 18.6 Å². The van der Waals surface area contributed by atoms with E-state index in [1.807, 2.05) is 0 Å². The molecule has 2 fully saturated rings. The minimum atomic E-state index is -0.651. The molecule has 8 heteroatoms. The molecule has 0 heterocycles. The second-order valence-electron chi connectivity index (χ2n) is 7.38. The summed E-state index contributed by atoms with van der Waals surface area (Å²) >= 11 is 0. The molecule has 2 aliphatic carbocycles. The number of hydrogen-bond acceptors (Lipinski definition) is 6. The van der Waals surface area contributed by atoms with Gasteiger partial charge in [0.25, 0.3) is 5.69 Å². The molecule has 2 aliphatic rings. The van der Waals surface area contributed by atoms with E-state index in [9.17, 15) is 20.2 Å². The number of rotatable bonds is 4. The summed E-state index contributed by atoms with van der Waals surface area (Å²) in [6.07, 6.45) is 3.13. The lowest BCUT2D eigenvalue weighted by molar-refractivity contribution is -0.393. The Morgan fingerprint density at radius 3 is 2.42 bits per heavy atom. The van der Waals surface area contributed by atoms with E-state index in [1.54, 1.807) is 0 Å². The van der Waals surface area contributed by atoms with Crippen molar-refractivity contribution in [3.8, 4) is 0 Å². The third kappa shape index (κ3) is 2.24. The van der Waals surface area contributed by atoms with Gasteiger partial charge in [-0.15, -0.1) is 0 Å². The maximum Gasteiger partial charge on any atom is 0.301 e. The highest BCUT2D eigenvalue weighted by molar-refractivity contribution is 5.95. The number of nitrogens with one attached hydrogen (secondary N) is 1. The number of hydrazone groups is 1. The molecular formula is C16H20N4O4. The predicted octanol–water partition coefficient (Wildman–Crippen LogP) is 4.12. The number of benzene rings is 1. The zero-order chi connectivity index (χ0) is 17.7. The van der Waals surface area contributed by atoms with Crippen LogP contribution in [-0.2, 0) is 0 Å². The van der Waals surface area contributed by atoms with Crippen molar-refractivity contribution in [1.82, 2.24) is 0 Å². The van der Waals surface area contributed by atoms with Gasteiger partial charge in [0.15, 0.2) is 0 Å². The Kier molecular flexibility index (Phi) is 3.58. The number of nitrogens with zero attached hydrogens (tertiary/aromatic N) is 3. The van der Waals surface area contributed by atoms with Crippen LogP contribution in [0.4, 0.5) is 17.1 Å². The summed E-state index contributed by atoms with van der Waals surface area (Å²) in [5.41, 5.74) is 3.46. The fourth-order valence-corrected chi connectivity index (χ4v) is 4.10. The third-order valence-corrected chi connectivity index (χ3v) is 6.21. The maximum absolute atomic E-state index is 11.2. The molecule has 128 valence electrons. The van der Waals surface area contributed by atoms with E-state index in [0.29, 0.717) is 5.92 Å². The summed E-state index contributed by atoms with van der Waals surface area (Å²) in [5.74, 6) is 0.579. The third-order valence-electron chi connectivity index (χ3n) is 6.21. The lowest BCUT2D eigenvalue weighted by Crippen LogP contribution is -2.32. The molecule has 1 N–H and O–H groups in total. The molecule has 8 nitrogen and oxygen atoms in total. The molecule has 0 saturated heterocycles. The molecule has 0 spiro atoms. The number of non-ortho nitro benzene ring substituents is 1. The number of nitro groups is 2. The van der Waals surface area contributed by atoms with E-state index in [2.05, 4.69) is 31.3 Å². The van der Waals surface area contributed by atoms with Crippen molar-refractivity contribution in [3.05, 3.63) is 38.4 Å². The van der Waals surface area contributed by atoms with Crippen LogP contribution < -0.4 is 5.43 Å². The first-order valence-electron chi connectivity index (χ1n) is 7.93. The van der Waals surface area contributed by atoms with Gasteiger partial charge in [-0.3, -0.25) is 25.7 Å². The number of hydrogen-bond donors (Lipinski definition) is 1. The van der Waals surface area contributed by atoms with Crippen molar-refractivity contribution in [2.24, 2.45) is 21.8 Å². The maximum atomic E-state index is 11.2. The van der Waals surface area contributed by atoms with Crippen LogP contribution in [-0.4, -0.2) is 15.6 Å². The molecule has 2 atom stereocenters. The van der Waals surface area contributed by atoms with E-state index in [-0.39, 0.29) is 27.9 Å². The molecule has 2 saturated carbocycles. The summed E-state index contributed by atoms with van der Waals surface area (Å²) in [7, 11) is 0. The molecule has 0 amide bonds. The van der Waals surface area contributed by atoms with Crippen molar-refractivity contribution in [1.29, 1.82) is 0 Å². The van der Waals surface area contributed by atoms with Crippen LogP contribution in [0.1, 0.15) is 40.0 Å². The number of anilines is 1. The molecule has 2 bridgehead atoms. The minimum Gasteiger partial charge on any atom is -0.272 e. The van der Waals surface area contributed by atoms with Crippen molar-refractivity contribution in [3.63, 3.8) is 0 Å². The standard InChI is InChI=1S/C16H20N4O4/c1-15(2)10-6-7-16(15,3)14(8-10)18-17-12-5-4-11(19(21)22)9-13(12)20(23)24/h4-5,9-10,17H,6-8H2,1-3H3/b18-14-/t10-,16-/m1/s1. The zero-order valence-electron chi connectivity index (χ0n) is 13.9. The largest absolute Gasteiger partial charge is 0.301 e. The Balaban J connectivity index is 1.90. The van der Waals surface area contributed by atoms with Crippen molar-refractivity contribution in [2.75, 3.05) is 5.43 Å². The van der Waals surface area contributed by atoms with E-state index >= 15 is 0 Å². The summed E-state index contributed by atoms with van der Waals surface area (Å²) in [6.45, 7) is 6.70. The van der Waals surface area contributed by atoms with E-state index in [0.717, 1.165) is 24.6 Å². The molecule has 0 unspecified atom stereocenters. The minimum absolute atomic E-state index is 0.0137. The van der Waals surface area contributed by atoms with Gasteiger partial charge in [0, 0.05) is 17.2 Å². The fraction of sp³-hybridized carbons (Fsp3) is 0.562. The highest BCUT2D eigenvalue weighted by atomic mass is 16.6. The Hall–Kier alpha value is -2.51. The molecule has 24 heavy (non-hydrogen) atoms. The van der Waals surface area contributed by atoms with Gasteiger partial charge in [-0.1, -0.05) is 20.8 Å². The van der Waals surface area contributed by atoms with E-state index < -0.39 is 9.85 Å². The predicted molar refractivity (Wildman–Crippen MR) is 90.0 cm³/mol. The smallest absolute Gasteiger partial charge is 0.272 e. The SMILES string of the molecule is CC1(C)[C@@H]2CC[C@]1(C)/C(=N\Nc1ccc([N+](=O)[O-])cc1[N+](=O)[O-])C2. The average molecular weight is 332 g/mol. The van der Waals surface area contributed by atoms with Crippen molar-refractivity contribution in [2.45, 2.75) is 40.0 Å². The summed E-state index contributed by atoms with van der Waals surface area (Å²) in [6, 6.07) is 3.53. The highest BCUT2D eigenvalue weighted by Crippen LogP contribution is 2.63. The molecule has 0 aliphatic heterocycles. The van der Waals surface area contributed by atoms with Crippen LogP contribution in [0.15, 0.2) is 23.3 Å². The van der Waals surface area contributed by atoms with Crippen LogP contribution >= 0.6 is 0 Å². The van der Waals surface area contributed by atoms with Gasteiger partial charge in [0.05, 0.1) is 15.9 Å². The van der Waals surface area contributed by atoms with Crippen LogP contribution in [0.5, 0.6) is 0 Å². The number of nitro benzene ring substituents is 2. The van der Waals surface area contributed by atoms with Gasteiger partial charge in [0.1, 0.15) is 5.69 Å². The Morgan fingerprint density at radius 1 is 1.21 bits per heavy atom. The first-order valence-corrected chi connectivity index (χ1v) is 7.93. The van der Waals surface area contributed by atoms with Gasteiger partial charge >= 0.3 is 5.69 Å². The van der Waals surface area contributed by atoms with E-state index in [4.69, 9.17) is 0 Å².